The van der Waals surface area contributed by atoms with Gasteiger partial charge < -0.3 is 9.47 Å². The van der Waals surface area contributed by atoms with Gasteiger partial charge in [0.15, 0.2) is 0 Å². The van der Waals surface area contributed by atoms with E-state index in [9.17, 15) is 10.0 Å². The van der Waals surface area contributed by atoms with Crippen LogP contribution in [0.1, 0.15) is 25.7 Å². The first-order valence-electron chi connectivity index (χ1n) is 9.33. The van der Waals surface area contributed by atoms with E-state index < -0.39 is 5.41 Å². The maximum Gasteiger partial charge on any atom is 0.250 e. The van der Waals surface area contributed by atoms with Crippen LogP contribution in [-0.2, 0) is 9.53 Å². The highest BCUT2D eigenvalue weighted by molar-refractivity contribution is 7.99. The Kier molecular flexibility index (Phi) is 5.83. The number of nitrogens with one attached hydrogen (secondary N) is 1. The van der Waals surface area contributed by atoms with Crippen molar-refractivity contribution in [3.8, 4) is 11.5 Å². The Morgan fingerprint density at radius 1 is 1.11 bits per heavy atom. The van der Waals surface area contributed by atoms with Gasteiger partial charge in [0.2, 0.25) is 0 Å². The molecule has 2 saturated heterocycles. The van der Waals surface area contributed by atoms with Gasteiger partial charge in [-0.1, -0.05) is 11.6 Å². The Balaban J connectivity index is 1.40. The fourth-order valence-electron chi connectivity index (χ4n) is 3.99. The van der Waals surface area contributed by atoms with Crippen LogP contribution in [-0.4, -0.2) is 29.1 Å². The van der Waals surface area contributed by atoms with E-state index in [0.29, 0.717) is 23.6 Å². The largest absolute Gasteiger partial charge is 0.457 e. The summed E-state index contributed by atoms with van der Waals surface area (Å²) in [5, 5.41) is 9.93. The highest BCUT2D eigenvalue weighted by Gasteiger charge is 2.49. The van der Waals surface area contributed by atoms with Gasteiger partial charge in [0.25, 0.3) is 5.91 Å². The van der Waals surface area contributed by atoms with E-state index in [4.69, 9.17) is 21.1 Å². The predicted octanol–water partition coefficient (Wildman–Crippen LogP) is 5.06. The number of amides is 1. The van der Waals surface area contributed by atoms with Crippen LogP contribution in [0.2, 0.25) is 5.02 Å². The van der Waals surface area contributed by atoms with E-state index in [1.165, 1.54) is 0 Å². The van der Waals surface area contributed by atoms with Crippen LogP contribution in [0.15, 0.2) is 53.4 Å². The number of carbonyl (C=O) groups excluding carboxylic acids is 1. The number of carbonyl (C=O) groups is 1. The van der Waals surface area contributed by atoms with Crippen molar-refractivity contribution in [1.82, 2.24) is 5.48 Å². The third-order valence-electron chi connectivity index (χ3n) is 5.40. The molecule has 2 fully saturated rings. The van der Waals surface area contributed by atoms with Gasteiger partial charge in [0, 0.05) is 15.7 Å². The van der Waals surface area contributed by atoms with Crippen LogP contribution in [0, 0.1) is 5.41 Å². The molecule has 28 heavy (non-hydrogen) atoms. The Labute approximate surface area is 173 Å². The molecule has 0 radical (unpaired) electrons. The van der Waals surface area contributed by atoms with Gasteiger partial charge in [-0.2, -0.15) is 0 Å². The number of ether oxygens (including phenoxy) is 2. The first kappa shape index (κ1) is 19.6. The minimum atomic E-state index is -0.595. The quantitative estimate of drug-likeness (QED) is 0.389. The molecule has 0 aromatic heterocycles. The number of hydrogen-bond acceptors (Lipinski definition) is 5. The fraction of sp³-hybridized carbons (Fsp3) is 0.381. The van der Waals surface area contributed by atoms with E-state index in [0.717, 1.165) is 29.2 Å². The fourth-order valence-corrected chi connectivity index (χ4v) is 5.25. The van der Waals surface area contributed by atoms with Gasteiger partial charge in [0.1, 0.15) is 11.5 Å². The average Bonchev–Trinajstić information content (AvgIpc) is 3.07. The second-order valence-electron chi connectivity index (χ2n) is 7.40. The lowest BCUT2D eigenvalue weighted by Gasteiger charge is -2.38. The van der Waals surface area contributed by atoms with Crippen LogP contribution in [0.3, 0.4) is 0 Å². The van der Waals surface area contributed by atoms with Gasteiger partial charge in [0.05, 0.1) is 17.6 Å². The maximum absolute atomic E-state index is 12.5. The molecule has 2 aromatic carbocycles. The molecule has 0 spiro atoms. The van der Waals surface area contributed by atoms with Gasteiger partial charge >= 0.3 is 0 Å². The van der Waals surface area contributed by atoms with Crippen molar-refractivity contribution in [2.45, 2.75) is 42.8 Å². The maximum atomic E-state index is 12.5. The van der Waals surface area contributed by atoms with Crippen molar-refractivity contribution < 1.29 is 19.5 Å². The van der Waals surface area contributed by atoms with Crippen molar-refractivity contribution >= 4 is 29.3 Å². The molecule has 2 aliphatic rings. The van der Waals surface area contributed by atoms with Gasteiger partial charge in [-0.3, -0.25) is 10.0 Å². The van der Waals surface area contributed by atoms with Crippen LogP contribution in [0.25, 0.3) is 0 Å². The number of rotatable bonds is 6. The molecule has 2 unspecified atom stereocenters. The lowest BCUT2D eigenvalue weighted by molar-refractivity contribution is -0.148. The van der Waals surface area contributed by atoms with Gasteiger partial charge in [-0.25, -0.2) is 5.48 Å². The third-order valence-corrected chi connectivity index (χ3v) is 6.96. The molecule has 2 aliphatic heterocycles. The lowest BCUT2D eigenvalue weighted by Crippen LogP contribution is -2.48. The number of halogens is 1. The molecule has 2 atom stereocenters. The Hall–Kier alpha value is -1.73. The molecule has 148 valence electrons. The van der Waals surface area contributed by atoms with Crippen molar-refractivity contribution in [2.24, 2.45) is 5.41 Å². The van der Waals surface area contributed by atoms with Crippen LogP contribution in [0.5, 0.6) is 11.5 Å². The predicted molar refractivity (Wildman–Crippen MR) is 108 cm³/mol. The molecular formula is C21H22ClNO4S. The van der Waals surface area contributed by atoms with Crippen LogP contribution < -0.4 is 10.2 Å². The van der Waals surface area contributed by atoms with E-state index >= 15 is 0 Å². The number of hydrogen-bond donors (Lipinski definition) is 2. The highest BCUT2D eigenvalue weighted by atomic mass is 35.5. The SMILES string of the molecule is O=C(NO)C1(CSc2ccc(Oc3ccc(Cl)cc3)cc2)CC2CCC(C1)O2. The Morgan fingerprint density at radius 3 is 2.25 bits per heavy atom. The minimum absolute atomic E-state index is 0.117. The van der Waals surface area contributed by atoms with Crippen molar-refractivity contribution in [2.75, 3.05) is 5.75 Å². The van der Waals surface area contributed by atoms with Gasteiger partial charge in [-0.15, -0.1) is 11.8 Å². The van der Waals surface area contributed by atoms with Crippen molar-refractivity contribution in [3.05, 3.63) is 53.6 Å². The third kappa shape index (κ3) is 4.30. The Bertz CT molecular complexity index is 815. The zero-order valence-corrected chi connectivity index (χ0v) is 16.8. The monoisotopic (exact) mass is 419 g/mol. The summed E-state index contributed by atoms with van der Waals surface area (Å²) in [7, 11) is 0. The lowest BCUT2D eigenvalue weighted by atomic mass is 9.78. The molecule has 7 heteroatoms. The van der Waals surface area contributed by atoms with E-state index in [2.05, 4.69) is 0 Å². The molecule has 1 amide bonds. The smallest absolute Gasteiger partial charge is 0.250 e. The molecule has 5 nitrogen and oxygen atoms in total. The van der Waals surface area contributed by atoms with Crippen molar-refractivity contribution in [3.63, 3.8) is 0 Å². The normalized spacial score (nSPS) is 26.1. The number of fused-ring (bicyclic) bond motifs is 2. The first-order valence-corrected chi connectivity index (χ1v) is 10.7. The molecule has 2 heterocycles. The van der Waals surface area contributed by atoms with E-state index in [1.807, 2.05) is 41.9 Å². The van der Waals surface area contributed by atoms with Gasteiger partial charge in [-0.05, 0) is 74.2 Å². The number of benzene rings is 2. The summed E-state index contributed by atoms with van der Waals surface area (Å²) in [5.74, 6) is 1.76. The second-order valence-corrected chi connectivity index (χ2v) is 8.89. The first-order chi connectivity index (χ1) is 13.6. The summed E-state index contributed by atoms with van der Waals surface area (Å²) >= 11 is 7.51. The highest BCUT2D eigenvalue weighted by Crippen LogP contribution is 2.46. The van der Waals surface area contributed by atoms with Crippen molar-refractivity contribution in [1.29, 1.82) is 0 Å². The number of hydroxylamine groups is 1. The molecule has 4 rings (SSSR count). The zero-order chi connectivity index (χ0) is 19.6. The number of thioether (sulfide) groups is 1. The standard InChI is InChI=1S/C21H22ClNO4S/c22-14-1-3-15(4-2-14)26-16-7-9-19(10-8-16)28-13-21(20(24)23-25)11-17-5-6-18(12-21)27-17/h1-4,7-10,17-18,25H,5-6,11-13H2,(H,23,24). The molecule has 0 saturated carbocycles. The summed E-state index contributed by atoms with van der Waals surface area (Å²) in [5.41, 5.74) is 1.29. The van der Waals surface area contributed by atoms with E-state index in [-0.39, 0.29) is 18.1 Å². The molecule has 2 bridgehead atoms. The van der Waals surface area contributed by atoms with E-state index in [1.54, 1.807) is 23.9 Å². The summed E-state index contributed by atoms with van der Waals surface area (Å²) < 4.78 is 11.7. The molecule has 2 aromatic rings. The molecular weight excluding hydrogens is 398 g/mol. The summed E-state index contributed by atoms with van der Waals surface area (Å²) in [6, 6.07) is 15.0. The molecule has 0 aliphatic carbocycles. The summed E-state index contributed by atoms with van der Waals surface area (Å²) in [4.78, 5) is 13.5. The van der Waals surface area contributed by atoms with Crippen LogP contribution in [0.4, 0.5) is 0 Å². The molecule has 2 N–H and O–H groups in total. The average molecular weight is 420 g/mol. The summed E-state index contributed by atoms with van der Waals surface area (Å²) in [6.45, 7) is 0. The topological polar surface area (TPSA) is 67.8 Å². The Morgan fingerprint density at radius 2 is 1.68 bits per heavy atom. The van der Waals surface area contributed by atoms with Crippen LogP contribution >= 0.6 is 23.4 Å². The second kappa shape index (κ2) is 8.33. The zero-order valence-electron chi connectivity index (χ0n) is 15.3. The summed E-state index contributed by atoms with van der Waals surface area (Å²) in [6.07, 6.45) is 3.53. The minimum Gasteiger partial charge on any atom is -0.457 e.